The van der Waals surface area contributed by atoms with Crippen molar-refractivity contribution in [3.05, 3.63) is 35.4 Å². The van der Waals surface area contributed by atoms with Gasteiger partial charge in [-0.1, -0.05) is 38.1 Å². The number of thioether (sulfide) groups is 1. The first kappa shape index (κ1) is 12.6. The van der Waals surface area contributed by atoms with Crippen LogP contribution < -0.4 is 0 Å². The van der Waals surface area contributed by atoms with Crippen molar-refractivity contribution in [3.8, 4) is 0 Å². The normalized spacial score (nSPS) is 12.7. The van der Waals surface area contributed by atoms with Crippen LogP contribution in [-0.2, 0) is 12.8 Å². The van der Waals surface area contributed by atoms with Gasteiger partial charge in [0.25, 0.3) is 0 Å². The molecule has 0 aliphatic heterocycles. The van der Waals surface area contributed by atoms with E-state index in [0.29, 0.717) is 0 Å². The molecule has 0 fully saturated rings. The van der Waals surface area contributed by atoms with Gasteiger partial charge in [0.2, 0.25) is 0 Å². The minimum Gasteiger partial charge on any atom is -0.392 e. The summed E-state index contributed by atoms with van der Waals surface area (Å²) < 4.78 is 0. The van der Waals surface area contributed by atoms with Gasteiger partial charge in [-0.3, -0.25) is 0 Å². The van der Waals surface area contributed by atoms with Crippen molar-refractivity contribution in [1.82, 2.24) is 0 Å². The average Bonchev–Trinajstić information content (AvgIpc) is 2.27. The Balaban J connectivity index is 2.42. The van der Waals surface area contributed by atoms with Crippen molar-refractivity contribution in [2.45, 2.75) is 32.8 Å². The summed E-state index contributed by atoms with van der Waals surface area (Å²) in [4.78, 5) is 0. The Morgan fingerprint density at radius 2 is 1.73 bits per heavy atom. The highest BCUT2D eigenvalue weighted by atomic mass is 32.2. The molecule has 0 spiro atoms. The van der Waals surface area contributed by atoms with Gasteiger partial charge in [-0.15, -0.1) is 0 Å². The zero-order valence-corrected chi connectivity index (χ0v) is 10.4. The van der Waals surface area contributed by atoms with Crippen LogP contribution in [0.2, 0.25) is 0 Å². The lowest BCUT2D eigenvalue weighted by Crippen LogP contribution is -2.13. The molecule has 0 saturated heterocycles. The molecule has 1 N–H and O–H groups in total. The maximum atomic E-state index is 9.74. The molecule has 1 atom stereocenters. The van der Waals surface area contributed by atoms with Crippen LogP contribution >= 0.6 is 11.8 Å². The zero-order valence-electron chi connectivity index (χ0n) is 9.57. The van der Waals surface area contributed by atoms with E-state index in [1.54, 1.807) is 11.8 Å². The van der Waals surface area contributed by atoms with Gasteiger partial charge in [0.15, 0.2) is 0 Å². The van der Waals surface area contributed by atoms with Crippen molar-refractivity contribution in [1.29, 1.82) is 0 Å². The number of rotatable bonds is 6. The van der Waals surface area contributed by atoms with Crippen LogP contribution in [0.5, 0.6) is 0 Å². The fourth-order valence-electron chi connectivity index (χ4n) is 1.50. The molecular weight excluding hydrogens is 204 g/mol. The first-order chi connectivity index (χ1) is 7.26. The smallest absolute Gasteiger partial charge is 0.0670 e. The Morgan fingerprint density at radius 3 is 2.27 bits per heavy atom. The van der Waals surface area contributed by atoms with Gasteiger partial charge in [0.05, 0.1) is 6.10 Å². The molecule has 1 unspecified atom stereocenters. The Kier molecular flexibility index (Phi) is 5.81. The van der Waals surface area contributed by atoms with Gasteiger partial charge >= 0.3 is 0 Å². The largest absolute Gasteiger partial charge is 0.392 e. The number of hydrogen-bond donors (Lipinski definition) is 1. The molecule has 84 valence electrons. The number of benzene rings is 1. The molecule has 15 heavy (non-hydrogen) atoms. The number of aliphatic hydroxyl groups is 1. The molecule has 0 saturated carbocycles. The predicted octanol–water partition coefficient (Wildman–Crippen LogP) is 2.91. The van der Waals surface area contributed by atoms with Crippen LogP contribution in [-0.4, -0.2) is 22.7 Å². The lowest BCUT2D eigenvalue weighted by molar-refractivity contribution is 0.200. The standard InChI is InChI=1S/C13H20OS/c1-3-11-5-7-12(8-6-11)9-13(14)10-15-4-2/h5-8,13-14H,3-4,9-10H2,1-2H3. The number of aryl methyl sites for hydroxylation is 1. The van der Waals surface area contributed by atoms with Crippen LogP contribution in [0.3, 0.4) is 0 Å². The van der Waals surface area contributed by atoms with E-state index in [4.69, 9.17) is 0 Å². The van der Waals surface area contributed by atoms with Gasteiger partial charge in [-0.25, -0.2) is 0 Å². The molecule has 0 heterocycles. The molecule has 0 aliphatic rings. The summed E-state index contributed by atoms with van der Waals surface area (Å²) in [5.74, 6) is 1.91. The summed E-state index contributed by atoms with van der Waals surface area (Å²) in [5, 5.41) is 9.74. The van der Waals surface area contributed by atoms with Gasteiger partial charge < -0.3 is 5.11 Å². The third kappa shape index (κ3) is 4.72. The second-order valence-electron chi connectivity index (χ2n) is 3.69. The van der Waals surface area contributed by atoms with Crippen LogP contribution in [0, 0.1) is 0 Å². The molecular formula is C13H20OS. The van der Waals surface area contributed by atoms with Crippen molar-refractivity contribution < 1.29 is 5.11 Å². The molecule has 0 aliphatic carbocycles. The lowest BCUT2D eigenvalue weighted by atomic mass is 10.1. The fraction of sp³-hybridized carbons (Fsp3) is 0.538. The van der Waals surface area contributed by atoms with Gasteiger partial charge in [-0.2, -0.15) is 11.8 Å². The molecule has 1 nitrogen and oxygen atoms in total. The highest BCUT2D eigenvalue weighted by Crippen LogP contribution is 2.10. The number of hydrogen-bond acceptors (Lipinski definition) is 2. The summed E-state index contributed by atoms with van der Waals surface area (Å²) in [6.07, 6.45) is 1.65. The Labute approximate surface area is 96.9 Å². The molecule has 0 bridgehead atoms. The summed E-state index contributed by atoms with van der Waals surface area (Å²) >= 11 is 1.79. The Bertz CT molecular complexity index is 268. The first-order valence-corrected chi connectivity index (χ1v) is 6.75. The van der Waals surface area contributed by atoms with E-state index >= 15 is 0 Å². The zero-order chi connectivity index (χ0) is 11.1. The molecule has 1 aromatic rings. The minimum absolute atomic E-state index is 0.206. The van der Waals surface area contributed by atoms with Gasteiger partial charge in [0, 0.05) is 5.75 Å². The second kappa shape index (κ2) is 6.91. The van der Waals surface area contributed by atoms with Crippen molar-refractivity contribution >= 4 is 11.8 Å². The summed E-state index contributed by atoms with van der Waals surface area (Å²) in [6, 6.07) is 8.54. The summed E-state index contributed by atoms with van der Waals surface area (Å²) in [6.45, 7) is 4.27. The van der Waals surface area contributed by atoms with E-state index in [9.17, 15) is 5.11 Å². The van der Waals surface area contributed by atoms with Crippen LogP contribution in [0.4, 0.5) is 0 Å². The second-order valence-corrected chi connectivity index (χ2v) is 5.01. The lowest BCUT2D eigenvalue weighted by Gasteiger charge is -2.09. The van der Waals surface area contributed by atoms with E-state index in [2.05, 4.69) is 38.1 Å². The van der Waals surface area contributed by atoms with Crippen LogP contribution in [0.25, 0.3) is 0 Å². The SMILES string of the molecule is CCSCC(O)Cc1ccc(CC)cc1. The molecule has 0 aromatic heterocycles. The van der Waals surface area contributed by atoms with Gasteiger partial charge in [-0.05, 0) is 29.7 Å². The number of aliphatic hydroxyl groups excluding tert-OH is 1. The fourth-order valence-corrected chi connectivity index (χ4v) is 2.12. The molecule has 0 radical (unpaired) electrons. The predicted molar refractivity (Wildman–Crippen MR) is 68.5 cm³/mol. The molecule has 2 heteroatoms. The molecule has 1 rings (SSSR count). The maximum absolute atomic E-state index is 9.74. The van der Waals surface area contributed by atoms with Crippen molar-refractivity contribution in [2.75, 3.05) is 11.5 Å². The highest BCUT2D eigenvalue weighted by Gasteiger charge is 2.04. The van der Waals surface area contributed by atoms with Gasteiger partial charge in [0.1, 0.15) is 0 Å². The monoisotopic (exact) mass is 224 g/mol. The third-order valence-corrected chi connectivity index (χ3v) is 3.45. The Morgan fingerprint density at radius 1 is 1.13 bits per heavy atom. The average molecular weight is 224 g/mol. The van der Waals surface area contributed by atoms with E-state index in [1.165, 1.54) is 11.1 Å². The van der Waals surface area contributed by atoms with Crippen LogP contribution in [0.1, 0.15) is 25.0 Å². The van der Waals surface area contributed by atoms with Crippen LogP contribution in [0.15, 0.2) is 24.3 Å². The Hall–Kier alpha value is -0.470. The molecule has 1 aromatic carbocycles. The van der Waals surface area contributed by atoms with E-state index in [-0.39, 0.29) is 6.10 Å². The maximum Gasteiger partial charge on any atom is 0.0670 e. The van der Waals surface area contributed by atoms with Crippen molar-refractivity contribution in [3.63, 3.8) is 0 Å². The minimum atomic E-state index is -0.206. The summed E-state index contributed by atoms with van der Waals surface area (Å²) in [5.41, 5.74) is 2.59. The van der Waals surface area contributed by atoms with E-state index in [1.807, 2.05) is 0 Å². The van der Waals surface area contributed by atoms with Crippen molar-refractivity contribution in [2.24, 2.45) is 0 Å². The summed E-state index contributed by atoms with van der Waals surface area (Å²) in [7, 11) is 0. The first-order valence-electron chi connectivity index (χ1n) is 5.59. The topological polar surface area (TPSA) is 20.2 Å². The quantitative estimate of drug-likeness (QED) is 0.802. The highest BCUT2D eigenvalue weighted by molar-refractivity contribution is 7.99. The van der Waals surface area contributed by atoms with E-state index < -0.39 is 0 Å². The van der Waals surface area contributed by atoms with E-state index in [0.717, 1.165) is 24.3 Å². The third-order valence-electron chi connectivity index (χ3n) is 2.42. The molecule has 0 amide bonds.